The highest BCUT2D eigenvalue weighted by molar-refractivity contribution is 5.87. The number of likely N-dealkylation sites (tertiary alicyclic amines) is 1. The van der Waals surface area contributed by atoms with Crippen LogP contribution in [0.4, 0.5) is 0 Å². The van der Waals surface area contributed by atoms with Crippen molar-refractivity contribution in [2.75, 3.05) is 33.2 Å². The number of piperidine rings is 1. The van der Waals surface area contributed by atoms with E-state index in [0.717, 1.165) is 57.9 Å². The largest absolute Gasteiger partial charge is 0.353 e. The molecule has 1 aromatic heterocycles. The lowest BCUT2D eigenvalue weighted by Gasteiger charge is -2.48. The van der Waals surface area contributed by atoms with Crippen LogP contribution < -0.4 is 5.32 Å². The fourth-order valence-electron chi connectivity index (χ4n) is 3.45. The van der Waals surface area contributed by atoms with Crippen molar-refractivity contribution in [3.63, 3.8) is 0 Å². The molecule has 116 valence electrons. The number of amides is 1. The summed E-state index contributed by atoms with van der Waals surface area (Å²) in [7, 11) is 2.07. The number of hydrogen-bond donors (Lipinski definition) is 1. The van der Waals surface area contributed by atoms with Gasteiger partial charge in [0.05, 0.1) is 6.54 Å². The molecule has 1 spiro atoms. The Morgan fingerprint density at radius 1 is 1.33 bits per heavy atom. The highest BCUT2D eigenvalue weighted by Crippen LogP contribution is 2.30. The number of aryl methyl sites for hydroxylation is 1. The average Bonchev–Trinajstić information content (AvgIpc) is 2.94. The Labute approximate surface area is 125 Å². The molecule has 21 heavy (non-hydrogen) atoms. The van der Waals surface area contributed by atoms with Crippen molar-refractivity contribution in [3.8, 4) is 0 Å². The quantitative estimate of drug-likeness (QED) is 0.828. The monoisotopic (exact) mass is 292 g/mol. The van der Waals surface area contributed by atoms with E-state index in [1.165, 1.54) is 0 Å². The zero-order chi connectivity index (χ0) is 14.9. The summed E-state index contributed by atoms with van der Waals surface area (Å²) < 4.78 is 1.93. The standard InChI is InChI=1S/C14H24N6O/c1-3-20-12(16-11-17-20)10-19-7-4-14(5-8-19)13(21)15-6-9-18(14)2/h11H,3-10H2,1-2H3,(H,15,21). The van der Waals surface area contributed by atoms with E-state index in [9.17, 15) is 4.79 Å². The number of nitrogens with zero attached hydrogens (tertiary/aromatic N) is 5. The topological polar surface area (TPSA) is 66.3 Å². The van der Waals surface area contributed by atoms with E-state index < -0.39 is 0 Å². The number of piperazine rings is 1. The Hall–Kier alpha value is -1.47. The molecule has 3 heterocycles. The van der Waals surface area contributed by atoms with Crippen LogP contribution in [0.2, 0.25) is 0 Å². The third kappa shape index (κ3) is 2.55. The maximum absolute atomic E-state index is 12.3. The molecule has 1 N–H and O–H groups in total. The van der Waals surface area contributed by atoms with Gasteiger partial charge in [-0.3, -0.25) is 14.6 Å². The van der Waals surface area contributed by atoms with Gasteiger partial charge in [0.25, 0.3) is 0 Å². The fourth-order valence-corrected chi connectivity index (χ4v) is 3.45. The summed E-state index contributed by atoms with van der Waals surface area (Å²) in [6.45, 7) is 7.29. The summed E-state index contributed by atoms with van der Waals surface area (Å²) >= 11 is 0. The number of aromatic nitrogens is 3. The molecule has 2 fully saturated rings. The number of likely N-dealkylation sites (N-methyl/N-ethyl adjacent to an activating group) is 1. The maximum atomic E-state index is 12.3. The SMILES string of the molecule is CCn1ncnc1CN1CCC2(CC1)C(=O)NCCN2C. The number of nitrogens with one attached hydrogen (secondary N) is 1. The third-order valence-corrected chi connectivity index (χ3v) is 4.93. The lowest BCUT2D eigenvalue weighted by molar-refractivity contribution is -0.140. The minimum atomic E-state index is -0.298. The van der Waals surface area contributed by atoms with E-state index in [4.69, 9.17) is 0 Å². The van der Waals surface area contributed by atoms with Crippen LogP contribution >= 0.6 is 0 Å². The van der Waals surface area contributed by atoms with Gasteiger partial charge in [-0.15, -0.1) is 0 Å². The molecule has 0 unspecified atom stereocenters. The van der Waals surface area contributed by atoms with Crippen molar-refractivity contribution in [2.24, 2.45) is 0 Å². The second-order valence-electron chi connectivity index (χ2n) is 5.98. The van der Waals surface area contributed by atoms with Crippen LogP contribution in [0.1, 0.15) is 25.6 Å². The zero-order valence-corrected chi connectivity index (χ0v) is 12.9. The van der Waals surface area contributed by atoms with Crippen molar-refractivity contribution in [1.29, 1.82) is 0 Å². The van der Waals surface area contributed by atoms with Crippen LogP contribution in [0.25, 0.3) is 0 Å². The van der Waals surface area contributed by atoms with Crippen LogP contribution in [0.5, 0.6) is 0 Å². The van der Waals surface area contributed by atoms with E-state index in [1.807, 2.05) is 4.68 Å². The number of hydrogen-bond acceptors (Lipinski definition) is 5. The summed E-state index contributed by atoms with van der Waals surface area (Å²) in [5.41, 5.74) is -0.298. The Bertz CT molecular complexity index is 505. The van der Waals surface area contributed by atoms with Crippen LogP contribution in [-0.4, -0.2) is 69.2 Å². The van der Waals surface area contributed by atoms with Gasteiger partial charge < -0.3 is 5.32 Å². The molecule has 2 aliphatic rings. The molecule has 2 saturated heterocycles. The Kier molecular flexibility index (Phi) is 3.95. The van der Waals surface area contributed by atoms with Crippen molar-refractivity contribution in [3.05, 3.63) is 12.2 Å². The lowest BCUT2D eigenvalue weighted by atomic mass is 9.83. The number of carbonyl (C=O) groups is 1. The van der Waals surface area contributed by atoms with Gasteiger partial charge in [0.2, 0.25) is 5.91 Å². The van der Waals surface area contributed by atoms with E-state index >= 15 is 0 Å². The van der Waals surface area contributed by atoms with Gasteiger partial charge in [-0.1, -0.05) is 0 Å². The third-order valence-electron chi connectivity index (χ3n) is 4.93. The van der Waals surface area contributed by atoms with Crippen LogP contribution in [-0.2, 0) is 17.9 Å². The first-order valence-corrected chi connectivity index (χ1v) is 7.74. The minimum absolute atomic E-state index is 0.202. The van der Waals surface area contributed by atoms with E-state index in [1.54, 1.807) is 6.33 Å². The second kappa shape index (κ2) is 5.73. The number of rotatable bonds is 3. The second-order valence-corrected chi connectivity index (χ2v) is 5.98. The Morgan fingerprint density at radius 2 is 2.10 bits per heavy atom. The molecule has 0 saturated carbocycles. The molecule has 0 radical (unpaired) electrons. The molecule has 1 amide bonds. The maximum Gasteiger partial charge on any atom is 0.240 e. The molecule has 0 aliphatic carbocycles. The molecular weight excluding hydrogens is 268 g/mol. The molecule has 3 rings (SSSR count). The first-order valence-electron chi connectivity index (χ1n) is 7.74. The van der Waals surface area contributed by atoms with Gasteiger partial charge in [-0.25, -0.2) is 9.67 Å². The predicted octanol–water partition coefficient (Wildman–Crippen LogP) is -0.306. The molecular formula is C14H24N6O. The summed E-state index contributed by atoms with van der Waals surface area (Å²) in [6, 6.07) is 0. The minimum Gasteiger partial charge on any atom is -0.353 e. The van der Waals surface area contributed by atoms with Gasteiger partial charge in [-0.2, -0.15) is 5.10 Å². The Morgan fingerprint density at radius 3 is 2.76 bits per heavy atom. The zero-order valence-electron chi connectivity index (χ0n) is 12.9. The van der Waals surface area contributed by atoms with Crippen LogP contribution in [0.3, 0.4) is 0 Å². The van der Waals surface area contributed by atoms with Crippen molar-refractivity contribution in [2.45, 2.75) is 38.4 Å². The van der Waals surface area contributed by atoms with Gasteiger partial charge in [0, 0.05) is 32.7 Å². The molecule has 1 aromatic rings. The molecule has 7 heteroatoms. The molecule has 2 aliphatic heterocycles. The van der Waals surface area contributed by atoms with E-state index in [2.05, 4.69) is 39.2 Å². The highest BCUT2D eigenvalue weighted by atomic mass is 16.2. The van der Waals surface area contributed by atoms with Gasteiger partial charge in [-0.05, 0) is 26.8 Å². The lowest BCUT2D eigenvalue weighted by Crippen LogP contribution is -2.66. The van der Waals surface area contributed by atoms with E-state index in [-0.39, 0.29) is 11.4 Å². The van der Waals surface area contributed by atoms with Crippen molar-refractivity contribution < 1.29 is 4.79 Å². The van der Waals surface area contributed by atoms with Gasteiger partial charge in [0.1, 0.15) is 17.7 Å². The highest BCUT2D eigenvalue weighted by Gasteiger charge is 2.46. The normalized spacial score (nSPS) is 23.4. The molecule has 0 atom stereocenters. The fraction of sp³-hybridized carbons (Fsp3) is 0.786. The van der Waals surface area contributed by atoms with E-state index in [0.29, 0.717) is 0 Å². The van der Waals surface area contributed by atoms with Crippen LogP contribution in [0, 0.1) is 0 Å². The molecule has 0 bridgehead atoms. The smallest absolute Gasteiger partial charge is 0.240 e. The van der Waals surface area contributed by atoms with Crippen LogP contribution in [0.15, 0.2) is 6.33 Å². The summed E-state index contributed by atoms with van der Waals surface area (Å²) in [6.07, 6.45) is 3.39. The van der Waals surface area contributed by atoms with Crippen molar-refractivity contribution in [1.82, 2.24) is 29.9 Å². The first kappa shape index (κ1) is 14.5. The van der Waals surface area contributed by atoms with Crippen molar-refractivity contribution >= 4 is 5.91 Å². The average molecular weight is 292 g/mol. The number of carbonyl (C=O) groups excluding carboxylic acids is 1. The summed E-state index contributed by atoms with van der Waals surface area (Å²) in [5.74, 6) is 1.21. The molecule has 0 aromatic carbocycles. The van der Waals surface area contributed by atoms with Gasteiger partial charge >= 0.3 is 0 Å². The summed E-state index contributed by atoms with van der Waals surface area (Å²) in [5, 5.41) is 7.24. The first-order chi connectivity index (χ1) is 10.2. The molecule has 7 nitrogen and oxygen atoms in total. The van der Waals surface area contributed by atoms with Gasteiger partial charge in [0.15, 0.2) is 0 Å². The Balaban J connectivity index is 1.63. The summed E-state index contributed by atoms with van der Waals surface area (Å²) in [4.78, 5) is 21.2. The predicted molar refractivity (Wildman–Crippen MR) is 78.6 cm³/mol.